The predicted octanol–water partition coefficient (Wildman–Crippen LogP) is 2.01. The van der Waals surface area contributed by atoms with Gasteiger partial charge in [0.15, 0.2) is 0 Å². The van der Waals surface area contributed by atoms with E-state index in [-0.39, 0.29) is 9.52 Å². The third-order valence-electron chi connectivity index (χ3n) is 2.69. The van der Waals surface area contributed by atoms with E-state index in [1.165, 1.54) is 19.3 Å². The van der Waals surface area contributed by atoms with Crippen molar-refractivity contribution in [3.05, 3.63) is 42.5 Å². The fraction of sp³-hybridized carbons (Fsp3) is 0.333. The first-order valence-corrected chi connectivity index (χ1v) is 6.68. The number of allylic oxidation sites excluding steroid dienone is 2. The second kappa shape index (κ2) is 4.42. The lowest BCUT2D eigenvalue weighted by Crippen LogP contribution is -2.18. The Morgan fingerprint density at radius 1 is 1.15 bits per heavy atom. The summed E-state index contributed by atoms with van der Waals surface area (Å²) in [6.45, 7) is 0. The quantitative estimate of drug-likeness (QED) is 0.492. The molecule has 0 saturated carbocycles. The van der Waals surface area contributed by atoms with Crippen molar-refractivity contribution >= 4 is 14.7 Å². The summed E-state index contributed by atoms with van der Waals surface area (Å²) >= 11 is 0. The molecule has 0 bridgehead atoms. The molecule has 0 aliphatic heterocycles. The molecule has 13 heavy (non-hydrogen) atoms. The van der Waals surface area contributed by atoms with E-state index in [9.17, 15) is 0 Å². The van der Waals surface area contributed by atoms with E-state index in [0.29, 0.717) is 0 Å². The van der Waals surface area contributed by atoms with Crippen LogP contribution < -0.4 is 5.19 Å². The van der Waals surface area contributed by atoms with E-state index in [0.717, 1.165) is 5.54 Å². The van der Waals surface area contributed by atoms with E-state index in [1.807, 2.05) is 0 Å². The van der Waals surface area contributed by atoms with Crippen LogP contribution in [0, 0.1) is 0 Å². The Balaban J connectivity index is 1.98. The summed E-state index contributed by atoms with van der Waals surface area (Å²) in [7, 11) is -0.0440. The van der Waals surface area contributed by atoms with Crippen LogP contribution in [0.3, 0.4) is 0 Å². The minimum atomic E-state index is -0.0440. The second-order valence-corrected chi connectivity index (χ2v) is 6.08. The minimum Gasteiger partial charge on any atom is -0.0886 e. The van der Waals surface area contributed by atoms with Crippen LogP contribution in [0.5, 0.6) is 0 Å². The molecule has 0 saturated heterocycles. The second-order valence-electron chi connectivity index (χ2n) is 3.81. The molecule has 0 nitrogen and oxygen atoms in total. The average molecular weight is 188 g/mol. The molecule has 0 amide bonds. The maximum Gasteiger partial charge on any atom is 0.0616 e. The highest BCUT2D eigenvalue weighted by Gasteiger charge is 2.08. The van der Waals surface area contributed by atoms with Gasteiger partial charge in [-0.05, 0) is 24.8 Å². The summed E-state index contributed by atoms with van der Waals surface area (Å²) in [6.07, 6.45) is 8.95. The van der Waals surface area contributed by atoms with Crippen molar-refractivity contribution in [1.82, 2.24) is 0 Å². The van der Waals surface area contributed by atoms with Gasteiger partial charge < -0.3 is 0 Å². The molecule has 1 aliphatic rings. The van der Waals surface area contributed by atoms with Gasteiger partial charge in [-0.3, -0.25) is 0 Å². The highest BCUT2D eigenvalue weighted by Crippen LogP contribution is 2.20. The largest absolute Gasteiger partial charge is 0.0886 e. The Morgan fingerprint density at radius 3 is 2.69 bits per heavy atom. The van der Waals surface area contributed by atoms with Crippen LogP contribution in [0.4, 0.5) is 0 Å². The summed E-state index contributed by atoms with van der Waals surface area (Å²) in [4.78, 5) is 0. The number of hydrogen-bond donors (Lipinski definition) is 0. The molecular weight excluding hydrogens is 172 g/mol. The van der Waals surface area contributed by atoms with E-state index >= 15 is 0 Å². The maximum atomic E-state index is 2.45. The Labute approximate surface area is 82.5 Å². The van der Waals surface area contributed by atoms with E-state index in [4.69, 9.17) is 0 Å². The molecule has 1 heteroatoms. The summed E-state index contributed by atoms with van der Waals surface area (Å²) in [6, 6.07) is 11.0. The van der Waals surface area contributed by atoms with Gasteiger partial charge >= 0.3 is 0 Å². The highest BCUT2D eigenvalue weighted by molar-refractivity contribution is 6.55. The first kappa shape index (κ1) is 8.76. The fourth-order valence-corrected chi connectivity index (χ4v) is 3.94. The van der Waals surface area contributed by atoms with Gasteiger partial charge in [0, 0.05) is 0 Å². The van der Waals surface area contributed by atoms with E-state index in [1.54, 1.807) is 5.19 Å². The molecule has 1 aromatic rings. The van der Waals surface area contributed by atoms with Crippen LogP contribution in [0.2, 0.25) is 5.54 Å². The molecule has 1 unspecified atom stereocenters. The molecule has 1 aliphatic carbocycles. The van der Waals surface area contributed by atoms with Gasteiger partial charge in [-0.15, -0.1) is 0 Å². The lowest BCUT2D eigenvalue weighted by molar-refractivity contribution is 0.726. The number of hydrogen-bond acceptors (Lipinski definition) is 0. The lowest BCUT2D eigenvalue weighted by Gasteiger charge is -2.15. The first-order valence-electron chi connectivity index (χ1n) is 5.16. The monoisotopic (exact) mass is 188 g/mol. The van der Waals surface area contributed by atoms with Gasteiger partial charge in [0.2, 0.25) is 0 Å². The molecule has 0 radical (unpaired) electrons. The van der Waals surface area contributed by atoms with Crippen LogP contribution in [0.15, 0.2) is 42.5 Å². The summed E-state index contributed by atoms with van der Waals surface area (Å²) < 4.78 is 0. The van der Waals surface area contributed by atoms with Crippen LogP contribution in [0.25, 0.3) is 0 Å². The van der Waals surface area contributed by atoms with Gasteiger partial charge in [0.25, 0.3) is 0 Å². The smallest absolute Gasteiger partial charge is 0.0616 e. The Kier molecular flexibility index (Phi) is 2.98. The third kappa shape index (κ3) is 2.56. The molecule has 0 fully saturated rings. The first-order chi connectivity index (χ1) is 6.45. The molecular formula is C12H16Si. The predicted molar refractivity (Wildman–Crippen MR) is 61.4 cm³/mol. The van der Waals surface area contributed by atoms with Crippen molar-refractivity contribution in [3.63, 3.8) is 0 Å². The van der Waals surface area contributed by atoms with Crippen molar-refractivity contribution in [1.29, 1.82) is 0 Å². The minimum absolute atomic E-state index is 0.0440. The van der Waals surface area contributed by atoms with Gasteiger partial charge in [-0.25, -0.2) is 0 Å². The molecule has 1 aromatic carbocycles. The van der Waals surface area contributed by atoms with Gasteiger partial charge in [-0.1, -0.05) is 47.7 Å². The average Bonchev–Trinajstić information content (AvgIpc) is 2.21. The SMILES string of the molecule is C1=CC([SiH2]c2ccccc2)CCC1. The Bertz CT molecular complexity index is 276. The summed E-state index contributed by atoms with van der Waals surface area (Å²) in [5.41, 5.74) is 0.927. The lowest BCUT2D eigenvalue weighted by atomic mass is 10.1. The summed E-state index contributed by atoms with van der Waals surface area (Å²) in [5, 5.41) is 1.61. The number of benzene rings is 1. The Hall–Kier alpha value is -0.823. The van der Waals surface area contributed by atoms with Gasteiger partial charge in [-0.2, -0.15) is 0 Å². The van der Waals surface area contributed by atoms with Crippen LogP contribution >= 0.6 is 0 Å². The van der Waals surface area contributed by atoms with Crippen molar-refractivity contribution in [2.75, 3.05) is 0 Å². The molecule has 0 heterocycles. The topological polar surface area (TPSA) is 0 Å². The van der Waals surface area contributed by atoms with E-state index in [2.05, 4.69) is 42.5 Å². The van der Waals surface area contributed by atoms with Crippen LogP contribution in [0.1, 0.15) is 19.3 Å². The zero-order valence-corrected chi connectivity index (χ0v) is 9.36. The third-order valence-corrected chi connectivity index (χ3v) is 4.84. The molecule has 68 valence electrons. The zero-order valence-electron chi connectivity index (χ0n) is 7.95. The van der Waals surface area contributed by atoms with Crippen molar-refractivity contribution in [3.8, 4) is 0 Å². The summed E-state index contributed by atoms with van der Waals surface area (Å²) in [5.74, 6) is 0. The van der Waals surface area contributed by atoms with Crippen molar-refractivity contribution in [2.24, 2.45) is 0 Å². The molecule has 1 atom stereocenters. The van der Waals surface area contributed by atoms with Crippen LogP contribution in [-0.4, -0.2) is 9.52 Å². The number of rotatable bonds is 2. The fourth-order valence-electron chi connectivity index (χ4n) is 1.97. The van der Waals surface area contributed by atoms with Crippen LogP contribution in [-0.2, 0) is 0 Å². The standard InChI is InChI=1S/C12H16Si/c1-3-7-11(8-4-1)13-12-9-5-2-6-10-12/h1,3-5,7-9,12H,2,6,10,13H2. The van der Waals surface area contributed by atoms with Crippen molar-refractivity contribution in [2.45, 2.75) is 24.8 Å². The Morgan fingerprint density at radius 2 is 2.00 bits per heavy atom. The van der Waals surface area contributed by atoms with Gasteiger partial charge in [0.1, 0.15) is 0 Å². The highest BCUT2D eigenvalue weighted by atomic mass is 28.2. The zero-order chi connectivity index (χ0) is 8.93. The molecule has 0 spiro atoms. The van der Waals surface area contributed by atoms with Gasteiger partial charge in [0.05, 0.1) is 9.52 Å². The molecule has 2 rings (SSSR count). The molecule has 0 N–H and O–H groups in total. The van der Waals surface area contributed by atoms with Crippen molar-refractivity contribution < 1.29 is 0 Å². The molecule has 0 aromatic heterocycles. The maximum absolute atomic E-state index is 2.45. The normalized spacial score (nSPS) is 22.6. The van der Waals surface area contributed by atoms with E-state index < -0.39 is 0 Å².